The minimum Gasteiger partial charge on any atom is -0.381 e. The SMILES string of the molecule is Cc1noc(C2(c3cccc(C(F)(F)F)c3)CCOCC2)n1. The topological polar surface area (TPSA) is 48.2 Å². The first-order valence-corrected chi connectivity index (χ1v) is 6.98. The van der Waals surface area contributed by atoms with E-state index in [9.17, 15) is 13.2 Å². The molecule has 1 fully saturated rings. The summed E-state index contributed by atoms with van der Waals surface area (Å²) in [6.07, 6.45) is -3.36. The molecule has 1 aliphatic heterocycles. The Balaban J connectivity index is 2.11. The first-order valence-electron chi connectivity index (χ1n) is 6.98. The second-order valence-electron chi connectivity index (χ2n) is 5.42. The molecule has 118 valence electrons. The molecule has 0 spiro atoms. The van der Waals surface area contributed by atoms with Crippen LogP contribution in [-0.4, -0.2) is 23.4 Å². The van der Waals surface area contributed by atoms with Gasteiger partial charge < -0.3 is 9.26 Å². The average molecular weight is 312 g/mol. The number of aryl methyl sites for hydroxylation is 1. The summed E-state index contributed by atoms with van der Waals surface area (Å²) >= 11 is 0. The Morgan fingerprint density at radius 2 is 1.91 bits per heavy atom. The standard InChI is InChI=1S/C15H15F3N2O2/c1-10-19-13(22-20-10)14(5-7-21-8-6-14)11-3-2-4-12(9-11)15(16,17)18/h2-4,9H,5-8H2,1H3. The number of hydrogen-bond acceptors (Lipinski definition) is 4. The van der Waals surface area contributed by atoms with E-state index < -0.39 is 17.2 Å². The molecule has 4 nitrogen and oxygen atoms in total. The van der Waals surface area contributed by atoms with E-state index in [-0.39, 0.29) is 0 Å². The van der Waals surface area contributed by atoms with Gasteiger partial charge in [-0.15, -0.1) is 0 Å². The number of rotatable bonds is 2. The van der Waals surface area contributed by atoms with Crippen molar-refractivity contribution in [2.45, 2.75) is 31.4 Å². The van der Waals surface area contributed by atoms with E-state index in [2.05, 4.69) is 10.1 Å². The van der Waals surface area contributed by atoms with Gasteiger partial charge in [0.15, 0.2) is 5.82 Å². The van der Waals surface area contributed by atoms with Gasteiger partial charge in [0.25, 0.3) is 0 Å². The van der Waals surface area contributed by atoms with Gasteiger partial charge in [0.1, 0.15) is 0 Å². The Kier molecular flexibility index (Phi) is 3.68. The summed E-state index contributed by atoms with van der Waals surface area (Å²) in [6, 6.07) is 5.33. The van der Waals surface area contributed by atoms with Crippen LogP contribution in [0.1, 0.15) is 35.7 Å². The highest BCUT2D eigenvalue weighted by molar-refractivity contribution is 5.36. The van der Waals surface area contributed by atoms with Crippen molar-refractivity contribution >= 4 is 0 Å². The maximum atomic E-state index is 13.0. The van der Waals surface area contributed by atoms with Crippen molar-refractivity contribution in [2.75, 3.05) is 13.2 Å². The van der Waals surface area contributed by atoms with E-state index in [1.807, 2.05) is 0 Å². The summed E-state index contributed by atoms with van der Waals surface area (Å²) in [5, 5.41) is 3.78. The average Bonchev–Trinajstić information content (AvgIpc) is 2.94. The molecule has 1 saturated heterocycles. The second-order valence-corrected chi connectivity index (χ2v) is 5.42. The number of aromatic nitrogens is 2. The van der Waals surface area contributed by atoms with Gasteiger partial charge in [0, 0.05) is 13.2 Å². The van der Waals surface area contributed by atoms with Crippen molar-refractivity contribution in [1.29, 1.82) is 0 Å². The zero-order chi connectivity index (χ0) is 15.8. The summed E-state index contributed by atoms with van der Waals surface area (Å²) in [4.78, 5) is 4.26. The van der Waals surface area contributed by atoms with E-state index in [4.69, 9.17) is 9.26 Å². The van der Waals surface area contributed by atoms with Gasteiger partial charge in [0.2, 0.25) is 5.89 Å². The summed E-state index contributed by atoms with van der Waals surface area (Å²) in [5.74, 6) is 0.820. The third-order valence-electron chi connectivity index (χ3n) is 4.03. The zero-order valence-electron chi connectivity index (χ0n) is 12.0. The van der Waals surface area contributed by atoms with Gasteiger partial charge in [0.05, 0.1) is 11.0 Å². The molecule has 0 bridgehead atoms. The third kappa shape index (κ3) is 2.61. The monoisotopic (exact) mass is 312 g/mol. The summed E-state index contributed by atoms with van der Waals surface area (Å²) in [7, 11) is 0. The lowest BCUT2D eigenvalue weighted by atomic mass is 9.73. The van der Waals surface area contributed by atoms with E-state index in [0.29, 0.717) is 43.3 Å². The highest BCUT2D eigenvalue weighted by Crippen LogP contribution is 2.42. The number of halogens is 3. The minimum atomic E-state index is -4.38. The molecule has 0 saturated carbocycles. The lowest BCUT2D eigenvalue weighted by molar-refractivity contribution is -0.137. The Hall–Kier alpha value is -1.89. The van der Waals surface area contributed by atoms with Crippen LogP contribution in [-0.2, 0) is 16.3 Å². The Morgan fingerprint density at radius 1 is 1.18 bits per heavy atom. The molecular formula is C15H15F3N2O2. The van der Waals surface area contributed by atoms with Crippen LogP contribution in [0.5, 0.6) is 0 Å². The zero-order valence-corrected chi connectivity index (χ0v) is 12.0. The van der Waals surface area contributed by atoms with E-state index in [0.717, 1.165) is 6.07 Å². The first-order chi connectivity index (χ1) is 10.4. The molecule has 2 aromatic rings. The molecule has 0 radical (unpaired) electrons. The fourth-order valence-corrected chi connectivity index (χ4v) is 2.83. The molecule has 1 aliphatic rings. The van der Waals surface area contributed by atoms with Crippen LogP contribution < -0.4 is 0 Å². The van der Waals surface area contributed by atoms with E-state index >= 15 is 0 Å². The van der Waals surface area contributed by atoms with Crippen molar-refractivity contribution in [3.8, 4) is 0 Å². The number of hydrogen-bond donors (Lipinski definition) is 0. The van der Waals surface area contributed by atoms with Crippen LogP contribution in [0.2, 0.25) is 0 Å². The Morgan fingerprint density at radius 3 is 2.50 bits per heavy atom. The van der Waals surface area contributed by atoms with Crippen molar-refractivity contribution in [2.24, 2.45) is 0 Å². The molecule has 0 aliphatic carbocycles. The van der Waals surface area contributed by atoms with E-state index in [1.54, 1.807) is 13.0 Å². The molecule has 0 amide bonds. The molecule has 1 aromatic heterocycles. The molecule has 1 aromatic carbocycles. The largest absolute Gasteiger partial charge is 0.416 e. The Labute approximate surface area is 125 Å². The van der Waals surface area contributed by atoms with E-state index in [1.165, 1.54) is 12.1 Å². The predicted molar refractivity (Wildman–Crippen MR) is 71.3 cm³/mol. The fourth-order valence-electron chi connectivity index (χ4n) is 2.83. The highest BCUT2D eigenvalue weighted by Gasteiger charge is 2.42. The van der Waals surface area contributed by atoms with Crippen molar-refractivity contribution in [3.63, 3.8) is 0 Å². The smallest absolute Gasteiger partial charge is 0.381 e. The molecule has 3 rings (SSSR count). The maximum Gasteiger partial charge on any atom is 0.416 e. The first kappa shape index (κ1) is 15.0. The quantitative estimate of drug-likeness (QED) is 0.851. The lowest BCUT2D eigenvalue weighted by Crippen LogP contribution is -2.35. The van der Waals surface area contributed by atoms with Gasteiger partial charge in [-0.3, -0.25) is 0 Å². The van der Waals surface area contributed by atoms with Crippen LogP contribution in [0.3, 0.4) is 0 Å². The van der Waals surface area contributed by atoms with Crippen LogP contribution in [0, 0.1) is 6.92 Å². The predicted octanol–water partition coefficient (Wildman–Crippen LogP) is 3.49. The summed E-state index contributed by atoms with van der Waals surface area (Å²) < 4.78 is 49.6. The van der Waals surface area contributed by atoms with Crippen LogP contribution in [0.4, 0.5) is 13.2 Å². The number of benzene rings is 1. The van der Waals surface area contributed by atoms with Gasteiger partial charge in [-0.1, -0.05) is 23.4 Å². The molecular weight excluding hydrogens is 297 g/mol. The molecule has 22 heavy (non-hydrogen) atoms. The third-order valence-corrected chi connectivity index (χ3v) is 4.03. The van der Waals surface area contributed by atoms with Crippen molar-refractivity contribution in [1.82, 2.24) is 10.1 Å². The Bertz CT molecular complexity index is 661. The van der Waals surface area contributed by atoms with Crippen LogP contribution >= 0.6 is 0 Å². The van der Waals surface area contributed by atoms with Gasteiger partial charge in [-0.25, -0.2) is 0 Å². The summed E-state index contributed by atoms with van der Waals surface area (Å²) in [6.45, 7) is 2.57. The normalized spacial score (nSPS) is 18.4. The number of alkyl halides is 3. The molecule has 0 atom stereocenters. The van der Waals surface area contributed by atoms with Crippen molar-refractivity contribution < 1.29 is 22.4 Å². The molecule has 2 heterocycles. The fraction of sp³-hybridized carbons (Fsp3) is 0.467. The maximum absolute atomic E-state index is 13.0. The molecule has 7 heteroatoms. The second kappa shape index (κ2) is 5.39. The van der Waals surface area contributed by atoms with Crippen LogP contribution in [0.25, 0.3) is 0 Å². The summed E-state index contributed by atoms with van der Waals surface area (Å²) in [5.41, 5.74) is -0.859. The highest BCUT2D eigenvalue weighted by atomic mass is 19.4. The molecule has 0 N–H and O–H groups in total. The molecule has 0 unspecified atom stereocenters. The van der Waals surface area contributed by atoms with Crippen molar-refractivity contribution in [3.05, 3.63) is 47.1 Å². The van der Waals surface area contributed by atoms with Gasteiger partial charge in [-0.05, 0) is 31.4 Å². The van der Waals surface area contributed by atoms with Gasteiger partial charge in [-0.2, -0.15) is 18.2 Å². The minimum absolute atomic E-state index is 0.354. The number of ether oxygens (including phenoxy) is 1. The lowest BCUT2D eigenvalue weighted by Gasteiger charge is -2.34. The van der Waals surface area contributed by atoms with Crippen LogP contribution in [0.15, 0.2) is 28.8 Å². The number of nitrogens with zero attached hydrogens (tertiary/aromatic N) is 2. The van der Waals surface area contributed by atoms with Gasteiger partial charge >= 0.3 is 6.18 Å².